The average molecular weight is 289 g/mol. The van der Waals surface area contributed by atoms with E-state index >= 15 is 0 Å². The van der Waals surface area contributed by atoms with Crippen molar-refractivity contribution in [1.29, 1.82) is 5.26 Å². The third kappa shape index (κ3) is 3.31. The van der Waals surface area contributed by atoms with Crippen LogP contribution in [0.2, 0.25) is 0 Å². The predicted molar refractivity (Wildman–Crippen MR) is 78.9 cm³/mol. The van der Waals surface area contributed by atoms with Gasteiger partial charge in [0.2, 0.25) is 0 Å². The van der Waals surface area contributed by atoms with Crippen LogP contribution in [-0.4, -0.2) is 22.2 Å². The van der Waals surface area contributed by atoms with Crippen LogP contribution >= 0.6 is 0 Å². The van der Waals surface area contributed by atoms with Gasteiger partial charge in [-0.2, -0.15) is 5.26 Å². The zero-order chi connectivity index (χ0) is 15.5. The molecule has 2 N–H and O–H groups in total. The van der Waals surface area contributed by atoms with E-state index in [0.29, 0.717) is 11.6 Å². The molecule has 0 radical (unpaired) electrons. The minimum Gasteiger partial charge on any atom is -0.394 e. The normalized spacial score (nSPS) is 25.1. The Bertz CT molecular complexity index is 582. The molecule has 0 heterocycles. The number of hydrogen-bond acceptors (Lipinski definition) is 5. The van der Waals surface area contributed by atoms with Crippen molar-refractivity contribution in [2.75, 3.05) is 11.9 Å². The number of aliphatic hydroxyl groups is 1. The number of nitro benzene ring substituents is 1. The van der Waals surface area contributed by atoms with E-state index in [1.165, 1.54) is 12.1 Å². The molecule has 0 aliphatic heterocycles. The molecule has 0 saturated heterocycles. The van der Waals surface area contributed by atoms with Crippen LogP contribution in [0.3, 0.4) is 0 Å². The van der Waals surface area contributed by atoms with Gasteiger partial charge in [0.15, 0.2) is 0 Å². The highest BCUT2D eigenvalue weighted by molar-refractivity contribution is 5.60. The van der Waals surface area contributed by atoms with Crippen molar-refractivity contribution in [2.45, 2.75) is 38.1 Å². The molecule has 1 fully saturated rings. The first-order chi connectivity index (χ1) is 9.99. The second-order valence-corrected chi connectivity index (χ2v) is 5.87. The van der Waals surface area contributed by atoms with Crippen molar-refractivity contribution in [2.24, 2.45) is 5.92 Å². The van der Waals surface area contributed by atoms with Gasteiger partial charge in [-0.25, -0.2) is 0 Å². The number of benzene rings is 1. The number of nitrogens with one attached hydrogen (secondary N) is 1. The largest absolute Gasteiger partial charge is 0.394 e. The van der Waals surface area contributed by atoms with Crippen LogP contribution in [0.4, 0.5) is 11.4 Å². The van der Waals surface area contributed by atoms with E-state index < -0.39 is 10.5 Å². The standard InChI is InChI=1S/C15H19N3O3/c1-11-3-2-6-15(8-11,10-19)17-13-5-4-12(9-16)14(7-13)18(20)21/h4-5,7,11,17,19H,2-3,6,8,10H2,1H3. The molecule has 0 aromatic heterocycles. The Morgan fingerprint density at radius 1 is 1.62 bits per heavy atom. The minimum atomic E-state index is -0.557. The fourth-order valence-electron chi connectivity index (χ4n) is 3.12. The Hall–Kier alpha value is -2.13. The molecule has 6 heteroatoms. The van der Waals surface area contributed by atoms with Gasteiger partial charge in [-0.15, -0.1) is 0 Å². The molecular formula is C15H19N3O3. The van der Waals surface area contributed by atoms with Crippen molar-refractivity contribution >= 4 is 11.4 Å². The molecular weight excluding hydrogens is 270 g/mol. The maximum absolute atomic E-state index is 11.0. The van der Waals surface area contributed by atoms with Crippen LogP contribution in [0.15, 0.2) is 18.2 Å². The summed E-state index contributed by atoms with van der Waals surface area (Å²) in [4.78, 5) is 10.4. The van der Waals surface area contributed by atoms with Crippen molar-refractivity contribution in [3.05, 3.63) is 33.9 Å². The zero-order valence-electron chi connectivity index (χ0n) is 12.0. The van der Waals surface area contributed by atoms with Crippen LogP contribution in [0.5, 0.6) is 0 Å². The maximum Gasteiger partial charge on any atom is 0.289 e. The van der Waals surface area contributed by atoms with E-state index in [9.17, 15) is 15.2 Å². The van der Waals surface area contributed by atoms with E-state index in [2.05, 4.69) is 12.2 Å². The summed E-state index contributed by atoms with van der Waals surface area (Å²) in [5.41, 5.74) is -0.0245. The third-order valence-electron chi connectivity index (χ3n) is 4.12. The average Bonchev–Trinajstić information content (AvgIpc) is 2.47. The van der Waals surface area contributed by atoms with E-state index in [-0.39, 0.29) is 17.9 Å². The topological polar surface area (TPSA) is 99.2 Å². The van der Waals surface area contributed by atoms with Gasteiger partial charge in [-0.1, -0.05) is 19.8 Å². The highest BCUT2D eigenvalue weighted by Gasteiger charge is 2.34. The van der Waals surface area contributed by atoms with E-state index in [1.807, 2.05) is 6.07 Å². The molecule has 0 spiro atoms. The molecule has 6 nitrogen and oxygen atoms in total. The first-order valence-corrected chi connectivity index (χ1v) is 7.07. The first kappa shape index (κ1) is 15.3. The number of nitriles is 1. The second kappa shape index (κ2) is 6.10. The number of anilines is 1. The Balaban J connectivity index is 2.28. The van der Waals surface area contributed by atoms with Crippen LogP contribution in [0, 0.1) is 27.4 Å². The van der Waals surface area contributed by atoms with Crippen LogP contribution < -0.4 is 5.32 Å². The lowest BCUT2D eigenvalue weighted by molar-refractivity contribution is -0.385. The molecule has 1 saturated carbocycles. The summed E-state index contributed by atoms with van der Waals surface area (Å²) in [5, 5.41) is 32.9. The summed E-state index contributed by atoms with van der Waals surface area (Å²) in [6, 6.07) is 6.29. The summed E-state index contributed by atoms with van der Waals surface area (Å²) >= 11 is 0. The minimum absolute atomic E-state index is 0.00879. The molecule has 2 rings (SSSR count). The third-order valence-corrected chi connectivity index (χ3v) is 4.12. The Morgan fingerprint density at radius 3 is 2.95 bits per heavy atom. The zero-order valence-corrected chi connectivity index (χ0v) is 12.0. The van der Waals surface area contributed by atoms with Gasteiger partial charge in [0, 0.05) is 11.8 Å². The molecule has 1 aromatic carbocycles. The van der Waals surface area contributed by atoms with Gasteiger partial charge in [-0.3, -0.25) is 10.1 Å². The fraction of sp³-hybridized carbons (Fsp3) is 0.533. The van der Waals surface area contributed by atoms with Crippen LogP contribution in [0.25, 0.3) is 0 Å². The van der Waals surface area contributed by atoms with Crippen molar-refractivity contribution in [3.63, 3.8) is 0 Å². The Morgan fingerprint density at radius 2 is 2.38 bits per heavy atom. The highest BCUT2D eigenvalue weighted by atomic mass is 16.6. The highest BCUT2D eigenvalue weighted by Crippen LogP contribution is 2.35. The van der Waals surface area contributed by atoms with Crippen molar-refractivity contribution in [3.8, 4) is 6.07 Å². The van der Waals surface area contributed by atoms with Crippen LogP contribution in [-0.2, 0) is 0 Å². The summed E-state index contributed by atoms with van der Waals surface area (Å²) in [6.45, 7) is 2.14. The lowest BCUT2D eigenvalue weighted by Crippen LogP contribution is -2.45. The number of aliphatic hydroxyl groups excluding tert-OH is 1. The monoisotopic (exact) mass is 289 g/mol. The predicted octanol–water partition coefficient (Wildman–Crippen LogP) is 2.82. The number of rotatable bonds is 4. The van der Waals surface area contributed by atoms with Gasteiger partial charge in [0.05, 0.1) is 17.1 Å². The van der Waals surface area contributed by atoms with Crippen molar-refractivity contribution in [1.82, 2.24) is 0 Å². The summed E-state index contributed by atoms with van der Waals surface area (Å²) in [5.74, 6) is 0.506. The van der Waals surface area contributed by atoms with Gasteiger partial charge in [-0.05, 0) is 30.9 Å². The first-order valence-electron chi connectivity index (χ1n) is 7.07. The Labute approximate surface area is 123 Å². The van der Waals surface area contributed by atoms with Gasteiger partial charge in [0.25, 0.3) is 5.69 Å². The fourth-order valence-corrected chi connectivity index (χ4v) is 3.12. The summed E-state index contributed by atoms with van der Waals surface area (Å²) in [7, 11) is 0. The molecule has 0 bridgehead atoms. The summed E-state index contributed by atoms with van der Waals surface area (Å²) < 4.78 is 0. The molecule has 112 valence electrons. The molecule has 1 aliphatic carbocycles. The van der Waals surface area contributed by atoms with Gasteiger partial charge < -0.3 is 10.4 Å². The molecule has 1 aliphatic rings. The molecule has 1 aromatic rings. The lowest BCUT2D eigenvalue weighted by Gasteiger charge is -2.40. The Kier molecular flexibility index (Phi) is 4.43. The molecule has 0 amide bonds. The van der Waals surface area contributed by atoms with E-state index in [1.54, 1.807) is 6.07 Å². The number of nitrogens with zero attached hydrogens (tertiary/aromatic N) is 2. The summed E-state index contributed by atoms with van der Waals surface area (Å²) in [6.07, 6.45) is 3.82. The van der Waals surface area contributed by atoms with E-state index in [0.717, 1.165) is 25.7 Å². The molecule has 21 heavy (non-hydrogen) atoms. The van der Waals surface area contributed by atoms with Crippen LogP contribution in [0.1, 0.15) is 38.2 Å². The SMILES string of the molecule is CC1CCCC(CO)(Nc2ccc(C#N)c([N+](=O)[O-])c2)C1. The van der Waals surface area contributed by atoms with Gasteiger partial charge in [0.1, 0.15) is 11.6 Å². The van der Waals surface area contributed by atoms with Crippen molar-refractivity contribution < 1.29 is 10.0 Å². The maximum atomic E-state index is 11.0. The smallest absolute Gasteiger partial charge is 0.289 e. The van der Waals surface area contributed by atoms with Gasteiger partial charge >= 0.3 is 0 Å². The quantitative estimate of drug-likeness (QED) is 0.656. The number of nitro groups is 1. The lowest BCUT2D eigenvalue weighted by atomic mass is 9.76. The second-order valence-electron chi connectivity index (χ2n) is 5.87. The number of hydrogen-bond donors (Lipinski definition) is 2. The molecule has 2 atom stereocenters. The molecule has 2 unspecified atom stereocenters. The van der Waals surface area contributed by atoms with E-state index in [4.69, 9.17) is 5.26 Å².